The van der Waals surface area contributed by atoms with Crippen molar-refractivity contribution in [2.75, 3.05) is 13.7 Å². The Kier molecular flexibility index (Phi) is 9.66. The summed E-state index contributed by atoms with van der Waals surface area (Å²) >= 11 is 5.99. The van der Waals surface area contributed by atoms with E-state index in [4.69, 9.17) is 21.1 Å². The van der Waals surface area contributed by atoms with Gasteiger partial charge in [0.05, 0.1) is 7.11 Å². The second-order valence-corrected chi connectivity index (χ2v) is 7.79. The fraction of sp³-hybridized carbons (Fsp3) is 0.417. The van der Waals surface area contributed by atoms with Crippen molar-refractivity contribution in [3.05, 3.63) is 59.1 Å². The van der Waals surface area contributed by atoms with E-state index >= 15 is 0 Å². The number of amides is 2. The topological polar surface area (TPSA) is 67.9 Å². The molecule has 0 radical (unpaired) electrons. The first-order valence-corrected chi connectivity index (χ1v) is 10.9. The Bertz CT molecular complexity index is 840. The molecule has 168 valence electrons. The van der Waals surface area contributed by atoms with E-state index in [9.17, 15) is 9.59 Å². The Morgan fingerprint density at radius 2 is 1.61 bits per heavy atom. The summed E-state index contributed by atoms with van der Waals surface area (Å²) in [6.45, 7) is 5.96. The molecule has 0 aliphatic heterocycles. The summed E-state index contributed by atoms with van der Waals surface area (Å²) in [5, 5.41) is 3.61. The summed E-state index contributed by atoms with van der Waals surface area (Å²) in [6, 6.07) is 13.7. The molecule has 2 unspecified atom stereocenters. The van der Waals surface area contributed by atoms with Crippen LogP contribution >= 0.6 is 11.6 Å². The maximum Gasteiger partial charge on any atom is 0.261 e. The van der Waals surface area contributed by atoms with Gasteiger partial charge in [-0.15, -0.1) is 0 Å². The van der Waals surface area contributed by atoms with Crippen LogP contribution in [0, 0.1) is 0 Å². The zero-order chi connectivity index (χ0) is 22.8. The summed E-state index contributed by atoms with van der Waals surface area (Å²) in [7, 11) is 1.59. The summed E-state index contributed by atoms with van der Waals surface area (Å²) in [5.74, 6) is 0.828. The van der Waals surface area contributed by atoms with Gasteiger partial charge in [-0.2, -0.15) is 0 Å². The molecule has 2 atom stereocenters. The molecule has 0 spiro atoms. The van der Waals surface area contributed by atoms with E-state index < -0.39 is 6.04 Å². The van der Waals surface area contributed by atoms with Gasteiger partial charge in [0.15, 0.2) is 6.61 Å². The standard InChI is InChI=1S/C24H31ClN2O4/c1-5-17(3)26-24(29)22(6-2)27(15-18-7-9-19(25)10-8-18)23(28)16-31-21-13-11-20(30-4)12-14-21/h7-14,17,22H,5-6,15-16H2,1-4H3,(H,26,29). The minimum Gasteiger partial charge on any atom is -0.497 e. The van der Waals surface area contributed by atoms with Crippen molar-refractivity contribution in [3.63, 3.8) is 0 Å². The number of ether oxygens (including phenoxy) is 2. The van der Waals surface area contributed by atoms with E-state index in [-0.39, 0.29) is 31.0 Å². The Morgan fingerprint density at radius 3 is 2.16 bits per heavy atom. The molecule has 2 rings (SSSR count). The normalized spacial score (nSPS) is 12.5. The quantitative estimate of drug-likeness (QED) is 0.553. The summed E-state index contributed by atoms with van der Waals surface area (Å²) in [6.07, 6.45) is 1.30. The fourth-order valence-electron chi connectivity index (χ4n) is 3.05. The molecule has 0 saturated carbocycles. The third kappa shape index (κ3) is 7.47. The lowest BCUT2D eigenvalue weighted by molar-refractivity contribution is -0.143. The molecule has 0 saturated heterocycles. The molecule has 2 aromatic carbocycles. The molecule has 0 heterocycles. The molecule has 0 aliphatic rings. The van der Waals surface area contributed by atoms with Crippen LogP contribution in [0.1, 0.15) is 39.2 Å². The minimum absolute atomic E-state index is 0.0320. The predicted octanol–water partition coefficient (Wildman–Crippen LogP) is 4.45. The third-order valence-electron chi connectivity index (χ3n) is 5.07. The molecule has 1 N–H and O–H groups in total. The maximum absolute atomic E-state index is 13.1. The molecular weight excluding hydrogens is 416 g/mol. The molecule has 0 aliphatic carbocycles. The number of carbonyl (C=O) groups is 2. The van der Waals surface area contributed by atoms with Crippen LogP contribution in [0.5, 0.6) is 11.5 Å². The van der Waals surface area contributed by atoms with Gasteiger partial charge in [0.1, 0.15) is 17.5 Å². The number of rotatable bonds is 11. The van der Waals surface area contributed by atoms with E-state index in [1.807, 2.05) is 32.9 Å². The number of carbonyl (C=O) groups excluding carboxylic acids is 2. The number of nitrogens with one attached hydrogen (secondary N) is 1. The summed E-state index contributed by atoms with van der Waals surface area (Å²) in [4.78, 5) is 27.6. The van der Waals surface area contributed by atoms with Gasteiger partial charge in [0.2, 0.25) is 5.91 Å². The SMILES string of the molecule is CCC(C)NC(=O)C(CC)N(Cc1ccc(Cl)cc1)C(=O)COc1ccc(OC)cc1. The second-order valence-electron chi connectivity index (χ2n) is 7.35. The third-order valence-corrected chi connectivity index (χ3v) is 5.33. The smallest absolute Gasteiger partial charge is 0.261 e. The zero-order valence-corrected chi connectivity index (χ0v) is 19.3. The number of nitrogens with zero attached hydrogens (tertiary/aromatic N) is 1. The van der Waals surface area contributed by atoms with E-state index in [1.165, 1.54) is 0 Å². The Hall–Kier alpha value is -2.73. The highest BCUT2D eigenvalue weighted by Crippen LogP contribution is 2.19. The highest BCUT2D eigenvalue weighted by Gasteiger charge is 2.29. The Labute approximate surface area is 189 Å². The maximum atomic E-state index is 13.1. The average molecular weight is 447 g/mol. The monoisotopic (exact) mass is 446 g/mol. The van der Waals surface area contributed by atoms with Crippen molar-refractivity contribution in [1.29, 1.82) is 0 Å². The van der Waals surface area contributed by atoms with Crippen molar-refractivity contribution in [3.8, 4) is 11.5 Å². The van der Waals surface area contributed by atoms with Crippen LogP contribution in [-0.2, 0) is 16.1 Å². The van der Waals surface area contributed by atoms with Crippen LogP contribution in [0.2, 0.25) is 5.02 Å². The van der Waals surface area contributed by atoms with E-state index in [0.29, 0.717) is 22.9 Å². The van der Waals surface area contributed by atoms with E-state index in [2.05, 4.69) is 5.32 Å². The molecule has 7 heteroatoms. The number of benzene rings is 2. The van der Waals surface area contributed by atoms with Crippen LogP contribution in [0.4, 0.5) is 0 Å². The molecule has 0 bridgehead atoms. The predicted molar refractivity (Wildman–Crippen MR) is 122 cm³/mol. The minimum atomic E-state index is -0.600. The van der Waals surface area contributed by atoms with Crippen molar-refractivity contribution in [2.24, 2.45) is 0 Å². The van der Waals surface area contributed by atoms with Gasteiger partial charge in [0.25, 0.3) is 5.91 Å². The number of halogens is 1. The molecule has 2 amide bonds. The largest absolute Gasteiger partial charge is 0.497 e. The summed E-state index contributed by atoms with van der Waals surface area (Å²) < 4.78 is 10.8. The molecule has 31 heavy (non-hydrogen) atoms. The van der Waals surface area contributed by atoms with Gasteiger partial charge in [0, 0.05) is 17.6 Å². The number of hydrogen-bond donors (Lipinski definition) is 1. The average Bonchev–Trinajstić information content (AvgIpc) is 2.78. The van der Waals surface area contributed by atoms with Crippen molar-refractivity contribution < 1.29 is 19.1 Å². The first kappa shape index (κ1) is 24.5. The lowest BCUT2D eigenvalue weighted by Crippen LogP contribution is -2.51. The lowest BCUT2D eigenvalue weighted by Gasteiger charge is -2.31. The van der Waals surface area contributed by atoms with Crippen LogP contribution in [0.25, 0.3) is 0 Å². The van der Waals surface area contributed by atoms with Gasteiger partial charge >= 0.3 is 0 Å². The van der Waals surface area contributed by atoms with Gasteiger partial charge < -0.3 is 19.7 Å². The first-order valence-electron chi connectivity index (χ1n) is 10.5. The Morgan fingerprint density at radius 1 is 1.00 bits per heavy atom. The van der Waals surface area contributed by atoms with Crippen LogP contribution in [-0.4, -0.2) is 42.5 Å². The van der Waals surface area contributed by atoms with Gasteiger partial charge in [-0.1, -0.05) is 37.6 Å². The molecule has 6 nitrogen and oxygen atoms in total. The van der Waals surface area contributed by atoms with Gasteiger partial charge in [-0.3, -0.25) is 9.59 Å². The van der Waals surface area contributed by atoms with Crippen molar-refractivity contribution in [1.82, 2.24) is 10.2 Å². The van der Waals surface area contributed by atoms with Crippen molar-refractivity contribution in [2.45, 2.75) is 52.2 Å². The molecule has 2 aromatic rings. The molecule has 0 aromatic heterocycles. The van der Waals surface area contributed by atoms with Crippen LogP contribution < -0.4 is 14.8 Å². The lowest BCUT2D eigenvalue weighted by atomic mass is 10.1. The highest BCUT2D eigenvalue weighted by atomic mass is 35.5. The molecule has 0 fully saturated rings. The number of methoxy groups -OCH3 is 1. The number of hydrogen-bond acceptors (Lipinski definition) is 4. The molecular formula is C24H31ClN2O4. The Balaban J connectivity index is 2.18. The highest BCUT2D eigenvalue weighted by molar-refractivity contribution is 6.30. The van der Waals surface area contributed by atoms with E-state index in [0.717, 1.165) is 12.0 Å². The van der Waals surface area contributed by atoms with Crippen LogP contribution in [0.15, 0.2) is 48.5 Å². The van der Waals surface area contributed by atoms with Gasteiger partial charge in [-0.05, 0) is 61.7 Å². The second kappa shape index (κ2) is 12.2. The van der Waals surface area contributed by atoms with Crippen LogP contribution in [0.3, 0.4) is 0 Å². The fourth-order valence-corrected chi connectivity index (χ4v) is 3.17. The first-order chi connectivity index (χ1) is 14.9. The van der Waals surface area contributed by atoms with Crippen molar-refractivity contribution >= 4 is 23.4 Å². The zero-order valence-electron chi connectivity index (χ0n) is 18.6. The van der Waals surface area contributed by atoms with E-state index in [1.54, 1.807) is 48.4 Å². The van der Waals surface area contributed by atoms with Gasteiger partial charge in [-0.25, -0.2) is 0 Å². The summed E-state index contributed by atoms with van der Waals surface area (Å²) in [5.41, 5.74) is 0.886.